The van der Waals surface area contributed by atoms with Crippen LogP contribution in [0.2, 0.25) is 0 Å². The molecule has 1 aromatic heterocycles. The van der Waals surface area contributed by atoms with Gasteiger partial charge in [-0.2, -0.15) is 0 Å². The molecule has 2 heterocycles. The van der Waals surface area contributed by atoms with Crippen molar-refractivity contribution in [2.75, 3.05) is 12.0 Å². The van der Waals surface area contributed by atoms with Crippen LogP contribution >= 0.6 is 15.9 Å². The molecule has 1 amide bonds. The molecule has 150 valence electrons. The molecule has 3 aromatic rings. The molecule has 7 heteroatoms. The maximum absolute atomic E-state index is 13.0. The van der Waals surface area contributed by atoms with Crippen molar-refractivity contribution in [1.82, 2.24) is 4.98 Å². The van der Waals surface area contributed by atoms with Crippen molar-refractivity contribution >= 4 is 39.2 Å². The summed E-state index contributed by atoms with van der Waals surface area (Å²) in [5, 5.41) is 11.1. The van der Waals surface area contributed by atoms with Crippen molar-refractivity contribution in [3.8, 4) is 5.75 Å². The van der Waals surface area contributed by atoms with E-state index in [1.54, 1.807) is 54.7 Å². The summed E-state index contributed by atoms with van der Waals surface area (Å²) in [7, 11) is 1.51. The fourth-order valence-electron chi connectivity index (χ4n) is 3.48. The van der Waals surface area contributed by atoms with Gasteiger partial charge in [-0.3, -0.25) is 14.5 Å². The lowest BCUT2D eigenvalue weighted by atomic mass is 9.95. The van der Waals surface area contributed by atoms with Crippen LogP contribution in [-0.2, 0) is 9.59 Å². The van der Waals surface area contributed by atoms with E-state index < -0.39 is 17.7 Å². The van der Waals surface area contributed by atoms with Crippen LogP contribution in [0.4, 0.5) is 5.82 Å². The van der Waals surface area contributed by atoms with E-state index in [-0.39, 0.29) is 11.3 Å². The molecule has 1 saturated heterocycles. The number of methoxy groups -OCH3 is 1. The van der Waals surface area contributed by atoms with Crippen LogP contribution in [0.1, 0.15) is 17.2 Å². The van der Waals surface area contributed by atoms with Gasteiger partial charge in [-0.1, -0.05) is 46.3 Å². The maximum atomic E-state index is 13.0. The number of anilines is 1. The van der Waals surface area contributed by atoms with Gasteiger partial charge in [0.2, 0.25) is 0 Å². The third-order valence-electron chi connectivity index (χ3n) is 4.85. The van der Waals surface area contributed by atoms with E-state index in [1.807, 2.05) is 18.2 Å². The van der Waals surface area contributed by atoms with Gasteiger partial charge in [-0.05, 0) is 42.0 Å². The number of pyridine rings is 1. The third-order valence-corrected chi connectivity index (χ3v) is 5.34. The minimum atomic E-state index is -0.830. The van der Waals surface area contributed by atoms with Gasteiger partial charge in [0, 0.05) is 16.2 Å². The summed E-state index contributed by atoms with van der Waals surface area (Å²) >= 11 is 3.44. The van der Waals surface area contributed by atoms with Crippen molar-refractivity contribution in [2.45, 2.75) is 6.04 Å². The molecular weight excluding hydrogens is 448 g/mol. The lowest BCUT2D eigenvalue weighted by Crippen LogP contribution is -2.30. The van der Waals surface area contributed by atoms with Crippen molar-refractivity contribution in [3.63, 3.8) is 0 Å². The molecule has 4 rings (SSSR count). The van der Waals surface area contributed by atoms with E-state index in [9.17, 15) is 14.7 Å². The Morgan fingerprint density at radius 2 is 1.87 bits per heavy atom. The van der Waals surface area contributed by atoms with E-state index in [0.29, 0.717) is 22.7 Å². The average Bonchev–Trinajstić information content (AvgIpc) is 3.04. The van der Waals surface area contributed by atoms with Crippen LogP contribution in [0.3, 0.4) is 0 Å². The van der Waals surface area contributed by atoms with Crippen LogP contribution in [0.15, 0.2) is 83.0 Å². The van der Waals surface area contributed by atoms with Gasteiger partial charge in [0.25, 0.3) is 5.78 Å². The van der Waals surface area contributed by atoms with Crippen LogP contribution in [0, 0.1) is 0 Å². The van der Waals surface area contributed by atoms with Crippen molar-refractivity contribution in [3.05, 3.63) is 94.1 Å². The monoisotopic (exact) mass is 464 g/mol. The first-order valence-electron chi connectivity index (χ1n) is 9.13. The number of ether oxygens (including phenoxy) is 1. The standard InChI is InChI=1S/C23H17BrN2O4/c1-30-17-9-5-7-15(13-17)21(27)19-20(14-6-4-8-16(24)12-14)26(23(29)22(19)28)18-10-2-3-11-25-18/h2-13,20,27H,1H3/b21-19+/t20-/m0/s1. The number of rotatable bonds is 4. The molecule has 1 atom stereocenters. The number of aliphatic hydroxyl groups excluding tert-OH is 1. The average molecular weight is 465 g/mol. The molecule has 1 aliphatic heterocycles. The quantitative estimate of drug-likeness (QED) is 0.349. The number of aromatic nitrogens is 1. The fourth-order valence-corrected chi connectivity index (χ4v) is 3.90. The number of halogens is 1. The largest absolute Gasteiger partial charge is 0.507 e. The lowest BCUT2D eigenvalue weighted by molar-refractivity contribution is -0.132. The molecular formula is C23H17BrN2O4. The van der Waals surface area contributed by atoms with E-state index in [2.05, 4.69) is 20.9 Å². The Labute approximate surface area is 181 Å². The van der Waals surface area contributed by atoms with Gasteiger partial charge in [0.1, 0.15) is 17.3 Å². The second-order valence-electron chi connectivity index (χ2n) is 6.64. The number of carbonyl (C=O) groups excluding carboxylic acids is 2. The molecule has 1 fully saturated rings. The number of benzene rings is 2. The van der Waals surface area contributed by atoms with E-state index in [4.69, 9.17) is 4.74 Å². The molecule has 0 unspecified atom stereocenters. The van der Waals surface area contributed by atoms with Crippen molar-refractivity contribution in [1.29, 1.82) is 0 Å². The predicted molar refractivity (Wildman–Crippen MR) is 116 cm³/mol. The number of nitrogens with zero attached hydrogens (tertiary/aromatic N) is 2. The number of Topliss-reactive ketones (excluding diaryl/α,β-unsaturated/α-hetero) is 1. The number of ketones is 1. The van der Waals surface area contributed by atoms with E-state index >= 15 is 0 Å². The summed E-state index contributed by atoms with van der Waals surface area (Å²) in [5.74, 6) is -0.934. The molecule has 0 radical (unpaired) electrons. The highest BCUT2D eigenvalue weighted by Gasteiger charge is 2.47. The molecule has 2 aromatic carbocycles. The van der Waals surface area contributed by atoms with Crippen LogP contribution < -0.4 is 9.64 Å². The highest BCUT2D eigenvalue weighted by Crippen LogP contribution is 2.42. The second-order valence-corrected chi connectivity index (χ2v) is 7.56. The summed E-state index contributed by atoms with van der Waals surface area (Å²) in [6, 6.07) is 18.3. The summed E-state index contributed by atoms with van der Waals surface area (Å²) in [5.41, 5.74) is 1.05. The molecule has 0 aliphatic carbocycles. The molecule has 1 N–H and O–H groups in total. The minimum absolute atomic E-state index is 0.00277. The zero-order chi connectivity index (χ0) is 21.3. The van der Waals surface area contributed by atoms with Crippen LogP contribution in [0.25, 0.3) is 5.76 Å². The van der Waals surface area contributed by atoms with Crippen LogP contribution in [0.5, 0.6) is 5.75 Å². The number of hydrogen-bond donors (Lipinski definition) is 1. The summed E-state index contributed by atoms with van der Waals surface area (Å²) in [6.07, 6.45) is 1.55. The first-order valence-corrected chi connectivity index (χ1v) is 9.92. The van der Waals surface area contributed by atoms with Gasteiger partial charge in [-0.25, -0.2) is 4.98 Å². The molecule has 6 nitrogen and oxygen atoms in total. The summed E-state index contributed by atoms with van der Waals surface area (Å²) < 4.78 is 6.01. The van der Waals surface area contributed by atoms with Gasteiger partial charge < -0.3 is 9.84 Å². The Morgan fingerprint density at radius 1 is 1.07 bits per heavy atom. The first kappa shape index (κ1) is 19.8. The number of hydrogen-bond acceptors (Lipinski definition) is 5. The zero-order valence-electron chi connectivity index (χ0n) is 15.9. The smallest absolute Gasteiger partial charge is 0.301 e. The van der Waals surface area contributed by atoms with E-state index in [1.165, 1.54) is 12.0 Å². The SMILES string of the molecule is COc1cccc(/C(O)=C2\C(=O)C(=O)N(c3ccccn3)[C@H]2c2cccc(Br)c2)c1. The Hall–Kier alpha value is -3.45. The Balaban J connectivity index is 1.95. The number of amides is 1. The Morgan fingerprint density at radius 3 is 2.57 bits per heavy atom. The third kappa shape index (κ3) is 3.48. The Bertz CT molecular complexity index is 1160. The van der Waals surface area contributed by atoms with E-state index in [0.717, 1.165) is 4.47 Å². The topological polar surface area (TPSA) is 79.7 Å². The van der Waals surface area contributed by atoms with Gasteiger partial charge >= 0.3 is 5.91 Å². The molecule has 0 spiro atoms. The second kappa shape index (κ2) is 8.12. The zero-order valence-corrected chi connectivity index (χ0v) is 17.5. The highest BCUT2D eigenvalue weighted by molar-refractivity contribution is 9.10. The highest BCUT2D eigenvalue weighted by atomic mass is 79.9. The van der Waals surface area contributed by atoms with Crippen LogP contribution in [-0.4, -0.2) is 28.9 Å². The molecule has 0 saturated carbocycles. The fraction of sp³-hybridized carbons (Fsp3) is 0.0870. The van der Waals surface area contributed by atoms with Crippen molar-refractivity contribution in [2.24, 2.45) is 0 Å². The first-order chi connectivity index (χ1) is 14.5. The number of aliphatic hydroxyl groups is 1. The molecule has 0 bridgehead atoms. The normalized spacial score (nSPS) is 17.9. The summed E-state index contributed by atoms with van der Waals surface area (Å²) in [6.45, 7) is 0. The van der Waals surface area contributed by atoms with Crippen molar-refractivity contribution < 1.29 is 19.4 Å². The number of carbonyl (C=O) groups is 2. The van der Waals surface area contributed by atoms with Gasteiger partial charge in [0.15, 0.2) is 0 Å². The predicted octanol–water partition coefficient (Wildman–Crippen LogP) is 4.48. The molecule has 1 aliphatic rings. The lowest BCUT2D eigenvalue weighted by Gasteiger charge is -2.24. The Kier molecular flexibility index (Phi) is 5.37. The minimum Gasteiger partial charge on any atom is -0.507 e. The maximum Gasteiger partial charge on any atom is 0.301 e. The summed E-state index contributed by atoms with van der Waals surface area (Å²) in [4.78, 5) is 31.6. The van der Waals surface area contributed by atoms with Gasteiger partial charge in [0.05, 0.1) is 18.7 Å². The molecule has 30 heavy (non-hydrogen) atoms. The van der Waals surface area contributed by atoms with Gasteiger partial charge in [-0.15, -0.1) is 0 Å².